The van der Waals surface area contributed by atoms with E-state index in [1.165, 1.54) is 6.07 Å². The first-order valence-corrected chi connectivity index (χ1v) is 7.97. The Bertz CT molecular complexity index is 521. The van der Waals surface area contributed by atoms with E-state index in [1.807, 2.05) is 4.90 Å². The highest BCUT2D eigenvalue weighted by Gasteiger charge is 2.28. The summed E-state index contributed by atoms with van der Waals surface area (Å²) in [6, 6.07) is 3.59. The first-order chi connectivity index (χ1) is 10.6. The van der Waals surface area contributed by atoms with Crippen molar-refractivity contribution in [2.45, 2.75) is 18.9 Å². The molecule has 2 aliphatic rings. The van der Waals surface area contributed by atoms with Crippen molar-refractivity contribution in [2.75, 3.05) is 56.9 Å². The summed E-state index contributed by atoms with van der Waals surface area (Å²) in [6.07, 6.45) is 1.99. The number of nitrogens with zero attached hydrogens (tertiary/aromatic N) is 3. The summed E-state index contributed by atoms with van der Waals surface area (Å²) in [5, 5.41) is 0. The lowest BCUT2D eigenvalue weighted by Gasteiger charge is -2.42. The van der Waals surface area contributed by atoms with Gasteiger partial charge in [-0.1, -0.05) is 0 Å². The van der Waals surface area contributed by atoms with Gasteiger partial charge in [0.25, 0.3) is 0 Å². The number of hydrogen-bond acceptors (Lipinski definition) is 4. The van der Waals surface area contributed by atoms with Gasteiger partial charge < -0.3 is 15.5 Å². The molecule has 0 bridgehead atoms. The van der Waals surface area contributed by atoms with Crippen LogP contribution in [0, 0.1) is 11.6 Å². The molecule has 2 heterocycles. The third kappa shape index (κ3) is 3.03. The highest BCUT2D eigenvalue weighted by atomic mass is 19.2. The van der Waals surface area contributed by atoms with Crippen LogP contribution in [0.4, 0.5) is 20.2 Å². The van der Waals surface area contributed by atoms with Crippen molar-refractivity contribution in [3.05, 3.63) is 23.8 Å². The molecule has 0 aliphatic carbocycles. The lowest BCUT2D eigenvalue weighted by atomic mass is 10.0. The molecule has 0 amide bonds. The standard InChI is InChI=1S/C16H24F2N4/c1-20-8-10-21(11-9-20)12-4-6-22(7-5-12)14-3-2-13(19)15(17)16(14)18/h2-3,12H,4-11,19H2,1H3. The van der Waals surface area contributed by atoms with Crippen LogP contribution in [0.3, 0.4) is 0 Å². The number of nitrogens with two attached hydrogens (primary N) is 1. The minimum Gasteiger partial charge on any atom is -0.396 e. The lowest BCUT2D eigenvalue weighted by molar-refractivity contribution is 0.0981. The van der Waals surface area contributed by atoms with Gasteiger partial charge in [-0.3, -0.25) is 4.90 Å². The van der Waals surface area contributed by atoms with Crippen molar-refractivity contribution in [1.29, 1.82) is 0 Å². The Balaban J connectivity index is 1.61. The maximum Gasteiger partial charge on any atom is 0.184 e. The van der Waals surface area contributed by atoms with Crippen LogP contribution >= 0.6 is 0 Å². The molecular formula is C16H24F2N4. The van der Waals surface area contributed by atoms with Gasteiger partial charge in [0.15, 0.2) is 11.6 Å². The van der Waals surface area contributed by atoms with Gasteiger partial charge in [0, 0.05) is 45.3 Å². The number of benzene rings is 1. The molecule has 2 saturated heterocycles. The van der Waals surface area contributed by atoms with Gasteiger partial charge in [-0.25, -0.2) is 8.78 Å². The summed E-state index contributed by atoms with van der Waals surface area (Å²) in [7, 11) is 2.15. The van der Waals surface area contributed by atoms with Crippen LogP contribution in [0.1, 0.15) is 12.8 Å². The third-order valence-electron chi connectivity index (χ3n) is 4.95. The molecule has 0 aromatic heterocycles. The molecule has 4 nitrogen and oxygen atoms in total. The van der Waals surface area contributed by atoms with Gasteiger partial charge >= 0.3 is 0 Å². The summed E-state index contributed by atoms with van der Waals surface area (Å²) >= 11 is 0. The number of halogens is 2. The van der Waals surface area contributed by atoms with E-state index in [9.17, 15) is 8.78 Å². The number of likely N-dealkylation sites (N-methyl/N-ethyl adjacent to an activating group) is 1. The zero-order chi connectivity index (χ0) is 15.7. The average Bonchev–Trinajstić information content (AvgIpc) is 2.54. The van der Waals surface area contributed by atoms with Crippen LogP contribution in [0.25, 0.3) is 0 Å². The molecule has 1 aromatic rings. The summed E-state index contributed by atoms with van der Waals surface area (Å²) in [5.41, 5.74) is 5.61. The maximum absolute atomic E-state index is 14.0. The van der Waals surface area contributed by atoms with E-state index in [-0.39, 0.29) is 5.69 Å². The summed E-state index contributed by atoms with van der Waals surface area (Å²) in [5.74, 6) is -1.75. The number of nitrogen functional groups attached to an aromatic ring is 1. The molecule has 0 spiro atoms. The smallest absolute Gasteiger partial charge is 0.184 e. The highest BCUT2D eigenvalue weighted by Crippen LogP contribution is 2.29. The van der Waals surface area contributed by atoms with Gasteiger partial charge in [-0.15, -0.1) is 0 Å². The fourth-order valence-electron chi connectivity index (χ4n) is 3.46. The molecule has 122 valence electrons. The number of anilines is 2. The monoisotopic (exact) mass is 310 g/mol. The van der Waals surface area contributed by atoms with E-state index in [1.54, 1.807) is 6.07 Å². The zero-order valence-corrected chi connectivity index (χ0v) is 13.1. The quantitative estimate of drug-likeness (QED) is 0.845. The number of hydrogen-bond donors (Lipinski definition) is 1. The van der Waals surface area contributed by atoms with E-state index in [0.717, 1.165) is 52.1 Å². The molecule has 0 unspecified atom stereocenters. The zero-order valence-electron chi connectivity index (χ0n) is 13.1. The highest BCUT2D eigenvalue weighted by molar-refractivity contribution is 5.55. The van der Waals surface area contributed by atoms with E-state index >= 15 is 0 Å². The molecule has 0 radical (unpaired) electrons. The summed E-state index contributed by atoms with van der Waals surface area (Å²) in [6.45, 7) is 5.95. The first-order valence-electron chi connectivity index (χ1n) is 7.97. The molecule has 2 aliphatic heterocycles. The Morgan fingerprint density at radius 2 is 1.59 bits per heavy atom. The van der Waals surface area contributed by atoms with Gasteiger partial charge in [0.1, 0.15) is 0 Å². The van der Waals surface area contributed by atoms with Crippen molar-refractivity contribution in [1.82, 2.24) is 9.80 Å². The predicted molar refractivity (Wildman–Crippen MR) is 85.1 cm³/mol. The Kier molecular flexibility index (Phi) is 4.49. The molecule has 22 heavy (non-hydrogen) atoms. The van der Waals surface area contributed by atoms with Crippen molar-refractivity contribution >= 4 is 11.4 Å². The Morgan fingerprint density at radius 1 is 0.955 bits per heavy atom. The van der Waals surface area contributed by atoms with Crippen molar-refractivity contribution in [3.63, 3.8) is 0 Å². The molecule has 0 atom stereocenters. The van der Waals surface area contributed by atoms with Crippen LogP contribution < -0.4 is 10.6 Å². The van der Waals surface area contributed by atoms with E-state index in [0.29, 0.717) is 11.7 Å². The van der Waals surface area contributed by atoms with Gasteiger partial charge in [0.05, 0.1) is 11.4 Å². The molecular weight excluding hydrogens is 286 g/mol. The minimum absolute atomic E-state index is 0.131. The van der Waals surface area contributed by atoms with Crippen molar-refractivity contribution in [3.8, 4) is 0 Å². The fourth-order valence-corrected chi connectivity index (χ4v) is 3.46. The minimum atomic E-state index is -0.932. The van der Waals surface area contributed by atoms with Crippen molar-refractivity contribution < 1.29 is 8.78 Å². The van der Waals surface area contributed by atoms with E-state index in [4.69, 9.17) is 5.73 Å². The fraction of sp³-hybridized carbons (Fsp3) is 0.625. The molecule has 3 rings (SSSR count). The Morgan fingerprint density at radius 3 is 2.23 bits per heavy atom. The second kappa shape index (κ2) is 6.38. The van der Waals surface area contributed by atoms with Crippen LogP contribution in [-0.2, 0) is 0 Å². The van der Waals surface area contributed by atoms with Gasteiger partial charge in [0.2, 0.25) is 0 Å². The first kappa shape index (κ1) is 15.5. The SMILES string of the molecule is CN1CCN(C2CCN(c3ccc(N)c(F)c3F)CC2)CC1. The third-order valence-corrected chi connectivity index (χ3v) is 4.95. The topological polar surface area (TPSA) is 35.7 Å². The number of piperazine rings is 1. The van der Waals surface area contributed by atoms with Crippen LogP contribution in [0.2, 0.25) is 0 Å². The normalized spacial score (nSPS) is 22.2. The maximum atomic E-state index is 14.0. The molecule has 2 N–H and O–H groups in total. The van der Waals surface area contributed by atoms with E-state index < -0.39 is 11.6 Å². The van der Waals surface area contributed by atoms with Crippen LogP contribution in [0.15, 0.2) is 12.1 Å². The van der Waals surface area contributed by atoms with E-state index in [2.05, 4.69) is 16.8 Å². The van der Waals surface area contributed by atoms with Crippen molar-refractivity contribution in [2.24, 2.45) is 0 Å². The number of rotatable bonds is 2. The van der Waals surface area contributed by atoms with Crippen LogP contribution in [-0.4, -0.2) is 62.2 Å². The van der Waals surface area contributed by atoms with Gasteiger partial charge in [-0.05, 0) is 32.0 Å². The number of piperidine rings is 1. The second-order valence-corrected chi connectivity index (χ2v) is 6.36. The molecule has 2 fully saturated rings. The Hall–Kier alpha value is -1.40. The summed E-state index contributed by atoms with van der Waals surface area (Å²) < 4.78 is 27.6. The molecule has 0 saturated carbocycles. The second-order valence-electron chi connectivity index (χ2n) is 6.36. The van der Waals surface area contributed by atoms with Crippen LogP contribution in [0.5, 0.6) is 0 Å². The molecule has 1 aromatic carbocycles. The lowest BCUT2D eigenvalue weighted by Crippen LogP contribution is -2.52. The average molecular weight is 310 g/mol. The summed E-state index contributed by atoms with van der Waals surface area (Å²) in [4.78, 5) is 6.82. The largest absolute Gasteiger partial charge is 0.396 e. The Labute approximate surface area is 130 Å². The molecule has 6 heteroatoms. The predicted octanol–water partition coefficient (Wildman–Crippen LogP) is 1.76. The van der Waals surface area contributed by atoms with Gasteiger partial charge in [-0.2, -0.15) is 0 Å².